The lowest BCUT2D eigenvalue weighted by molar-refractivity contribution is 0.153. The van der Waals surface area contributed by atoms with Crippen LogP contribution in [-0.2, 0) is 0 Å². The molecule has 29 heavy (non-hydrogen) atoms. The van der Waals surface area contributed by atoms with Gasteiger partial charge in [-0.2, -0.15) is 0 Å². The molecule has 0 unspecified atom stereocenters. The van der Waals surface area contributed by atoms with Crippen LogP contribution in [0.15, 0.2) is 36.1 Å². The number of fused-ring (bicyclic) bond motifs is 1. The van der Waals surface area contributed by atoms with Crippen LogP contribution < -0.4 is 10.2 Å². The van der Waals surface area contributed by atoms with Crippen molar-refractivity contribution in [2.45, 2.75) is 13.3 Å². The highest BCUT2D eigenvalue weighted by molar-refractivity contribution is 7.13. The van der Waals surface area contributed by atoms with Crippen LogP contribution in [-0.4, -0.2) is 30.7 Å². The Kier molecular flexibility index (Phi) is 5.07. The van der Waals surface area contributed by atoms with Crippen LogP contribution in [0.5, 0.6) is 5.75 Å². The van der Waals surface area contributed by atoms with Crippen LogP contribution in [0.1, 0.15) is 17.7 Å². The first-order valence-corrected chi connectivity index (χ1v) is 9.36. The zero-order valence-electron chi connectivity index (χ0n) is 14.6. The van der Waals surface area contributed by atoms with E-state index in [9.17, 15) is 13.6 Å². The molecule has 0 spiro atoms. The number of carbonyl (C=O) groups is 1. The first-order chi connectivity index (χ1) is 13.9. The lowest BCUT2D eigenvalue weighted by Crippen LogP contribution is -2.26. The van der Waals surface area contributed by atoms with E-state index in [4.69, 9.17) is 16.3 Å². The van der Waals surface area contributed by atoms with Gasteiger partial charge in [-0.1, -0.05) is 11.6 Å². The van der Waals surface area contributed by atoms with E-state index in [1.807, 2.05) is 0 Å². The van der Waals surface area contributed by atoms with Crippen molar-refractivity contribution in [2.24, 2.45) is 0 Å². The number of carbonyl (C=O) groups excluding carboxylic acids is 1. The van der Waals surface area contributed by atoms with Gasteiger partial charge in [0, 0.05) is 28.7 Å². The van der Waals surface area contributed by atoms with E-state index in [0.29, 0.717) is 21.7 Å². The Morgan fingerprint density at radius 3 is 2.86 bits per heavy atom. The van der Waals surface area contributed by atoms with Gasteiger partial charge in [-0.3, -0.25) is 0 Å². The van der Waals surface area contributed by atoms with E-state index >= 15 is 0 Å². The van der Waals surface area contributed by atoms with E-state index in [1.165, 1.54) is 35.9 Å². The minimum absolute atomic E-state index is 0.104. The number of amides is 1. The minimum Gasteiger partial charge on any atom is -0.406 e. The summed E-state index contributed by atoms with van der Waals surface area (Å²) in [4.78, 5) is 28.7. The number of rotatable bonds is 4. The van der Waals surface area contributed by atoms with Crippen molar-refractivity contribution in [1.29, 1.82) is 0 Å². The lowest BCUT2D eigenvalue weighted by Gasteiger charge is -2.09. The van der Waals surface area contributed by atoms with Gasteiger partial charge in [0.15, 0.2) is 22.2 Å². The normalized spacial score (nSPS) is 11.2. The molecule has 0 aliphatic heterocycles. The molecular formula is C17H11ClF2N6O2S. The summed E-state index contributed by atoms with van der Waals surface area (Å²) in [5.74, 6) is 0.446. The predicted octanol–water partition coefficient (Wildman–Crippen LogP) is 4.59. The van der Waals surface area contributed by atoms with Crippen molar-refractivity contribution in [3.63, 3.8) is 0 Å². The monoisotopic (exact) mass is 436 g/mol. The molecule has 0 saturated heterocycles. The summed E-state index contributed by atoms with van der Waals surface area (Å²) in [6.45, 7) is 1.63. The number of thiazole rings is 1. The van der Waals surface area contributed by atoms with Crippen LogP contribution in [0.2, 0.25) is 5.15 Å². The van der Waals surface area contributed by atoms with Crippen molar-refractivity contribution >= 4 is 40.1 Å². The molecule has 1 N–H and O–H groups in total. The summed E-state index contributed by atoms with van der Waals surface area (Å²) in [5, 5.41) is 2.74. The summed E-state index contributed by atoms with van der Waals surface area (Å²) < 4.78 is 32.7. The second kappa shape index (κ2) is 7.68. The van der Waals surface area contributed by atoms with E-state index in [0.717, 1.165) is 10.9 Å². The molecule has 8 nitrogen and oxygen atoms in total. The van der Waals surface area contributed by atoms with E-state index in [1.54, 1.807) is 12.3 Å². The van der Waals surface area contributed by atoms with E-state index < -0.39 is 12.5 Å². The maximum absolute atomic E-state index is 13.2. The third kappa shape index (κ3) is 3.87. The molecule has 0 radical (unpaired) electrons. The molecule has 4 heterocycles. The number of aromatic nitrogens is 5. The van der Waals surface area contributed by atoms with Gasteiger partial charge in [0.05, 0.1) is 11.9 Å². The quantitative estimate of drug-likeness (QED) is 0.502. The van der Waals surface area contributed by atoms with Crippen molar-refractivity contribution in [3.8, 4) is 16.6 Å². The number of pyridine rings is 1. The number of nitrogens with one attached hydrogen (secondary N) is 1. The van der Waals surface area contributed by atoms with Crippen molar-refractivity contribution in [2.75, 3.05) is 5.43 Å². The molecule has 0 aliphatic carbocycles. The molecular weight excluding hydrogens is 426 g/mol. The van der Waals surface area contributed by atoms with E-state index in [-0.39, 0.29) is 22.3 Å². The highest BCUT2D eigenvalue weighted by atomic mass is 35.5. The molecule has 4 rings (SSSR count). The fourth-order valence-electron chi connectivity index (χ4n) is 2.58. The van der Waals surface area contributed by atoms with Crippen molar-refractivity contribution in [3.05, 3.63) is 52.5 Å². The molecule has 0 aromatic carbocycles. The highest BCUT2D eigenvalue weighted by Gasteiger charge is 2.19. The largest absolute Gasteiger partial charge is 0.432 e. The number of aryl methyl sites for hydroxylation is 1. The summed E-state index contributed by atoms with van der Waals surface area (Å²) >= 11 is 7.08. The van der Waals surface area contributed by atoms with Crippen LogP contribution >= 0.6 is 22.9 Å². The summed E-state index contributed by atoms with van der Waals surface area (Å²) in [7, 11) is 0. The minimum atomic E-state index is -2.72. The van der Waals surface area contributed by atoms with Crippen LogP contribution in [0.25, 0.3) is 21.9 Å². The number of alkyl halides is 2. The number of halogens is 3. The Morgan fingerprint density at radius 1 is 1.34 bits per heavy atom. The molecule has 0 bridgehead atoms. The van der Waals surface area contributed by atoms with Gasteiger partial charge < -0.3 is 4.74 Å². The molecule has 148 valence electrons. The van der Waals surface area contributed by atoms with Gasteiger partial charge in [0.25, 0.3) is 6.43 Å². The number of ether oxygens (including phenoxy) is 1. The summed E-state index contributed by atoms with van der Waals surface area (Å²) in [6.07, 6.45) is 0.224. The van der Waals surface area contributed by atoms with E-state index in [2.05, 4.69) is 25.4 Å². The lowest BCUT2D eigenvalue weighted by atomic mass is 10.2. The Bertz CT molecular complexity index is 1210. The topological polar surface area (TPSA) is 94.8 Å². The summed E-state index contributed by atoms with van der Waals surface area (Å²) in [5.41, 5.74) is 2.67. The van der Waals surface area contributed by atoms with Crippen LogP contribution in [0.4, 0.5) is 13.6 Å². The van der Waals surface area contributed by atoms with Crippen molar-refractivity contribution < 1.29 is 18.3 Å². The molecule has 12 heteroatoms. The Labute approximate surface area is 171 Å². The number of nitrogens with zero attached hydrogens (tertiary/aromatic N) is 5. The highest BCUT2D eigenvalue weighted by Crippen LogP contribution is 2.28. The molecule has 0 atom stereocenters. The van der Waals surface area contributed by atoms with Gasteiger partial charge in [0.1, 0.15) is 5.15 Å². The average Bonchev–Trinajstić information content (AvgIpc) is 3.28. The Morgan fingerprint density at radius 2 is 2.17 bits per heavy atom. The van der Waals surface area contributed by atoms with Gasteiger partial charge in [-0.15, -0.1) is 11.3 Å². The van der Waals surface area contributed by atoms with Crippen LogP contribution in [0.3, 0.4) is 0 Å². The fraction of sp³-hybridized carbons (Fsp3) is 0.118. The van der Waals surface area contributed by atoms with Gasteiger partial charge in [0.2, 0.25) is 0 Å². The zero-order valence-corrected chi connectivity index (χ0v) is 16.2. The smallest absolute Gasteiger partial charge is 0.406 e. The van der Waals surface area contributed by atoms with Gasteiger partial charge in [-0.25, -0.2) is 43.6 Å². The maximum atomic E-state index is 13.2. The maximum Gasteiger partial charge on any atom is 0.432 e. The second-order valence-electron chi connectivity index (χ2n) is 5.75. The molecule has 4 aromatic heterocycles. The summed E-state index contributed by atoms with van der Waals surface area (Å²) in [6, 6.07) is 3.03. The van der Waals surface area contributed by atoms with Crippen molar-refractivity contribution in [1.82, 2.24) is 24.6 Å². The third-order valence-corrected chi connectivity index (χ3v) is 5.01. The molecule has 0 aliphatic rings. The second-order valence-corrected chi connectivity index (χ2v) is 7.00. The molecule has 0 fully saturated rings. The van der Waals surface area contributed by atoms with Gasteiger partial charge in [-0.05, 0) is 19.1 Å². The molecule has 1 amide bonds. The Hall–Kier alpha value is -3.18. The van der Waals surface area contributed by atoms with Gasteiger partial charge >= 0.3 is 6.09 Å². The number of hydrogen-bond donors (Lipinski definition) is 1. The first kappa shape index (κ1) is 19.2. The molecule has 0 saturated carbocycles. The Balaban J connectivity index is 1.54. The standard InChI is InChI=1S/C17H11ClF2N6O2S/c1-8-11(5-22-14(23-8)16-24-12(18)7-29-16)28-17(27)25-26-6-10(13(19)20)9-3-2-4-21-15(9)26/h2-7,13H,1H3,(H,25,27). The zero-order chi connectivity index (χ0) is 20.5. The predicted molar refractivity (Wildman–Crippen MR) is 103 cm³/mol. The average molecular weight is 437 g/mol. The molecule has 4 aromatic rings. The SMILES string of the molecule is Cc1nc(-c2nc(Cl)cs2)ncc1OC(=O)Nn1cc(C(F)F)c2cccnc21. The number of hydrogen-bond acceptors (Lipinski definition) is 7. The third-order valence-electron chi connectivity index (χ3n) is 3.85. The first-order valence-electron chi connectivity index (χ1n) is 8.10. The van der Waals surface area contributed by atoms with Crippen LogP contribution in [0, 0.1) is 6.92 Å². The fourth-order valence-corrected chi connectivity index (χ4v) is 3.46.